The van der Waals surface area contributed by atoms with Crippen molar-refractivity contribution in [2.75, 3.05) is 32.7 Å². The maximum Gasteiger partial charge on any atom is 0.178 e. The van der Waals surface area contributed by atoms with Crippen molar-refractivity contribution in [3.63, 3.8) is 0 Å². The minimum Gasteiger partial charge on any atom is -0.297 e. The van der Waals surface area contributed by atoms with E-state index in [1.165, 1.54) is 16.7 Å². The first-order valence-corrected chi connectivity index (χ1v) is 15.0. The van der Waals surface area contributed by atoms with Gasteiger partial charge in [0.2, 0.25) is 0 Å². The Balaban J connectivity index is 1.25. The summed E-state index contributed by atoms with van der Waals surface area (Å²) in [6, 6.07) is 36.0. The Labute approximate surface area is 254 Å². The van der Waals surface area contributed by atoms with Crippen LogP contribution in [0.3, 0.4) is 0 Å². The molecule has 0 saturated carbocycles. The number of aromatic nitrogens is 4. The van der Waals surface area contributed by atoms with E-state index in [1.807, 2.05) is 10.7 Å². The van der Waals surface area contributed by atoms with Crippen LogP contribution in [0.5, 0.6) is 0 Å². The predicted molar refractivity (Wildman–Crippen MR) is 176 cm³/mol. The van der Waals surface area contributed by atoms with Gasteiger partial charge in [-0.2, -0.15) is 4.68 Å². The highest BCUT2D eigenvalue weighted by molar-refractivity contribution is 5.69. The van der Waals surface area contributed by atoms with E-state index in [0.29, 0.717) is 0 Å². The fourth-order valence-corrected chi connectivity index (χ4v) is 5.84. The molecule has 216 valence electrons. The summed E-state index contributed by atoms with van der Waals surface area (Å²) in [5.74, 6) is 0.849. The summed E-state index contributed by atoms with van der Waals surface area (Å²) in [6.45, 7) is 9.02. The van der Waals surface area contributed by atoms with E-state index < -0.39 is 0 Å². The zero-order valence-electron chi connectivity index (χ0n) is 24.9. The van der Waals surface area contributed by atoms with E-state index >= 15 is 0 Å². The molecular formula is C37H38N6. The summed E-state index contributed by atoms with van der Waals surface area (Å²) in [5.41, 5.74) is 8.15. The molecule has 0 N–H and O–H groups in total. The molecule has 0 unspecified atom stereocenters. The van der Waals surface area contributed by atoms with Crippen molar-refractivity contribution in [1.82, 2.24) is 30.0 Å². The molecule has 43 heavy (non-hydrogen) atoms. The lowest BCUT2D eigenvalue weighted by Crippen LogP contribution is -2.48. The molecule has 0 bridgehead atoms. The van der Waals surface area contributed by atoms with E-state index in [-0.39, 0.29) is 6.04 Å². The quantitative estimate of drug-likeness (QED) is 0.182. The highest BCUT2D eigenvalue weighted by Crippen LogP contribution is 2.31. The molecule has 4 aromatic carbocycles. The third-order valence-electron chi connectivity index (χ3n) is 8.16. The highest BCUT2D eigenvalue weighted by Gasteiger charge is 2.31. The second kappa shape index (κ2) is 13.6. The largest absolute Gasteiger partial charge is 0.297 e. The monoisotopic (exact) mass is 566 g/mol. The van der Waals surface area contributed by atoms with Gasteiger partial charge in [0.15, 0.2) is 5.82 Å². The second-order valence-corrected chi connectivity index (χ2v) is 11.2. The topological polar surface area (TPSA) is 50.1 Å². The first-order valence-electron chi connectivity index (χ1n) is 15.0. The molecular weight excluding hydrogens is 528 g/mol. The van der Waals surface area contributed by atoms with Crippen LogP contribution in [0, 0.1) is 13.8 Å². The van der Waals surface area contributed by atoms with Gasteiger partial charge in [0.1, 0.15) is 0 Å². The molecule has 6 rings (SSSR count). The molecule has 0 amide bonds. The Morgan fingerprint density at radius 1 is 0.651 bits per heavy atom. The van der Waals surface area contributed by atoms with Gasteiger partial charge in [-0.05, 0) is 57.7 Å². The maximum atomic E-state index is 4.65. The number of para-hydroxylation sites is 1. The Morgan fingerprint density at radius 2 is 1.23 bits per heavy atom. The number of tetrazole rings is 1. The standard InChI is InChI=1S/C37H38N6/c1-29-11-9-12-30(2)35(29)43-37(38-39-40-43)36(34-22-20-33(21-23-34)19-18-32-15-7-4-8-16-32)42-27-25-41(26-28-42)24-10-17-31-13-5-3-6-14-31/h3-23,36H,24-28H2,1-2H3/t36-/m0/s1. The Hall–Kier alpha value is -4.65. The SMILES string of the molecule is Cc1cccc(C)c1-n1nnnc1[C@H](c1ccc(C=Cc2ccccc2)cc1)N1CCN(CC=Cc2ccccc2)CC1. The minimum atomic E-state index is -0.0665. The van der Waals surface area contributed by atoms with Crippen molar-refractivity contribution >= 4 is 18.2 Å². The van der Waals surface area contributed by atoms with Gasteiger partial charge < -0.3 is 0 Å². The van der Waals surface area contributed by atoms with E-state index in [4.69, 9.17) is 0 Å². The number of nitrogens with zero attached hydrogens (tertiary/aromatic N) is 6. The van der Waals surface area contributed by atoms with Crippen molar-refractivity contribution in [3.8, 4) is 5.69 Å². The normalized spacial score (nSPS) is 15.4. The van der Waals surface area contributed by atoms with Crippen molar-refractivity contribution < 1.29 is 0 Å². The van der Waals surface area contributed by atoms with Crippen LogP contribution < -0.4 is 0 Å². The molecule has 1 fully saturated rings. The summed E-state index contributed by atoms with van der Waals surface area (Å²) in [6.07, 6.45) is 8.80. The first kappa shape index (κ1) is 28.5. The van der Waals surface area contributed by atoms with Crippen LogP contribution in [0.4, 0.5) is 0 Å². The smallest absolute Gasteiger partial charge is 0.178 e. The van der Waals surface area contributed by atoms with Crippen LogP contribution in [0.15, 0.2) is 109 Å². The molecule has 5 aromatic rings. The van der Waals surface area contributed by atoms with Gasteiger partial charge in [0, 0.05) is 32.7 Å². The molecule has 0 radical (unpaired) electrons. The van der Waals surface area contributed by atoms with Gasteiger partial charge in [-0.25, -0.2) is 0 Å². The first-order chi connectivity index (χ1) is 21.2. The van der Waals surface area contributed by atoms with Crippen LogP contribution in [-0.4, -0.2) is 62.7 Å². The lowest BCUT2D eigenvalue weighted by Gasteiger charge is -2.38. The molecule has 2 heterocycles. The van der Waals surface area contributed by atoms with Gasteiger partial charge >= 0.3 is 0 Å². The van der Waals surface area contributed by atoms with Crippen LogP contribution in [0.25, 0.3) is 23.9 Å². The molecule has 1 atom stereocenters. The average molecular weight is 567 g/mol. The van der Waals surface area contributed by atoms with E-state index in [1.54, 1.807) is 0 Å². The molecule has 1 saturated heterocycles. The molecule has 1 aliphatic rings. The number of rotatable bonds is 9. The molecule has 1 aliphatic heterocycles. The van der Waals surface area contributed by atoms with Crippen molar-refractivity contribution in [3.05, 3.63) is 148 Å². The average Bonchev–Trinajstić information content (AvgIpc) is 3.51. The number of piperazine rings is 1. The fourth-order valence-electron chi connectivity index (χ4n) is 5.84. The maximum absolute atomic E-state index is 4.65. The van der Waals surface area contributed by atoms with E-state index in [0.717, 1.165) is 60.9 Å². The van der Waals surface area contributed by atoms with Gasteiger partial charge in [0.05, 0.1) is 11.7 Å². The Bertz CT molecular complexity index is 1640. The molecule has 1 aromatic heterocycles. The fraction of sp³-hybridized carbons (Fsp3) is 0.216. The summed E-state index contributed by atoms with van der Waals surface area (Å²) < 4.78 is 1.95. The summed E-state index contributed by atoms with van der Waals surface area (Å²) in [4.78, 5) is 5.04. The van der Waals surface area contributed by atoms with Crippen LogP contribution in [-0.2, 0) is 0 Å². The number of hydrogen-bond acceptors (Lipinski definition) is 5. The van der Waals surface area contributed by atoms with Gasteiger partial charge in [-0.1, -0.05) is 127 Å². The minimum absolute atomic E-state index is 0.0665. The number of benzene rings is 4. The zero-order valence-corrected chi connectivity index (χ0v) is 24.9. The summed E-state index contributed by atoms with van der Waals surface area (Å²) >= 11 is 0. The summed E-state index contributed by atoms with van der Waals surface area (Å²) in [5, 5.41) is 13.4. The van der Waals surface area contributed by atoms with Gasteiger partial charge in [-0.15, -0.1) is 5.10 Å². The Kier molecular flexibility index (Phi) is 8.97. The predicted octanol–water partition coefficient (Wildman–Crippen LogP) is 6.87. The summed E-state index contributed by atoms with van der Waals surface area (Å²) in [7, 11) is 0. The third-order valence-corrected chi connectivity index (χ3v) is 8.16. The van der Waals surface area contributed by atoms with Crippen LogP contribution >= 0.6 is 0 Å². The number of aryl methyl sites for hydroxylation is 2. The van der Waals surface area contributed by atoms with Gasteiger partial charge in [0.25, 0.3) is 0 Å². The lowest BCUT2D eigenvalue weighted by atomic mass is 10.0. The lowest BCUT2D eigenvalue weighted by molar-refractivity contribution is 0.113. The third kappa shape index (κ3) is 6.88. The number of hydrogen-bond donors (Lipinski definition) is 0. The molecule has 6 nitrogen and oxygen atoms in total. The molecule has 6 heteroatoms. The van der Waals surface area contributed by atoms with Crippen molar-refractivity contribution in [2.45, 2.75) is 19.9 Å². The van der Waals surface area contributed by atoms with E-state index in [9.17, 15) is 0 Å². The van der Waals surface area contributed by atoms with Crippen LogP contribution in [0.1, 0.15) is 45.2 Å². The molecule has 0 spiro atoms. The van der Waals surface area contributed by atoms with Crippen LogP contribution in [0.2, 0.25) is 0 Å². The van der Waals surface area contributed by atoms with Gasteiger partial charge in [-0.3, -0.25) is 9.80 Å². The van der Waals surface area contributed by atoms with Crippen molar-refractivity contribution in [2.24, 2.45) is 0 Å². The molecule has 0 aliphatic carbocycles. The second-order valence-electron chi connectivity index (χ2n) is 11.2. The zero-order chi connectivity index (χ0) is 29.4. The highest BCUT2D eigenvalue weighted by atomic mass is 15.6. The Morgan fingerprint density at radius 3 is 1.86 bits per heavy atom. The van der Waals surface area contributed by atoms with Crippen molar-refractivity contribution in [1.29, 1.82) is 0 Å². The van der Waals surface area contributed by atoms with E-state index in [2.05, 4.69) is 161 Å².